The summed E-state index contributed by atoms with van der Waals surface area (Å²) < 4.78 is 27.7. The fourth-order valence-corrected chi connectivity index (χ4v) is 6.44. The second-order valence-corrected chi connectivity index (χ2v) is 10.0. The van der Waals surface area contributed by atoms with Gasteiger partial charge in [0.15, 0.2) is 0 Å². The monoisotopic (exact) mass is 408 g/mol. The quantitative estimate of drug-likeness (QED) is 0.574. The first-order valence-electron chi connectivity index (χ1n) is 10.2. The first-order valence-corrected chi connectivity index (χ1v) is 11.7. The second-order valence-electron chi connectivity index (χ2n) is 8.11. The highest BCUT2D eigenvalue weighted by atomic mass is 32.2. The Bertz CT molecular complexity index is 832. The fourth-order valence-electron chi connectivity index (χ4n) is 4.75. The third-order valence-corrected chi connectivity index (χ3v) is 8.22. The van der Waals surface area contributed by atoms with E-state index in [2.05, 4.69) is 10.2 Å². The SMILES string of the molecule is O=[N+]([O-])c1ccc(NC2CCN(C3CCCC3)C2)c(S(=O)(=O)N2CCCC2)c1. The molecule has 8 nitrogen and oxygen atoms in total. The van der Waals surface area contributed by atoms with E-state index in [4.69, 9.17) is 0 Å². The van der Waals surface area contributed by atoms with Gasteiger partial charge < -0.3 is 5.32 Å². The molecule has 1 N–H and O–H groups in total. The van der Waals surface area contributed by atoms with E-state index >= 15 is 0 Å². The molecule has 0 bridgehead atoms. The van der Waals surface area contributed by atoms with Crippen LogP contribution in [-0.2, 0) is 10.0 Å². The number of nitrogens with one attached hydrogen (secondary N) is 1. The molecule has 2 saturated heterocycles. The van der Waals surface area contributed by atoms with Crippen molar-refractivity contribution in [2.75, 3.05) is 31.5 Å². The molecule has 3 fully saturated rings. The fraction of sp³-hybridized carbons (Fsp3) is 0.684. The van der Waals surface area contributed by atoms with Crippen molar-refractivity contribution in [1.29, 1.82) is 0 Å². The zero-order chi connectivity index (χ0) is 19.7. The van der Waals surface area contributed by atoms with Crippen LogP contribution in [-0.4, -0.2) is 60.8 Å². The summed E-state index contributed by atoms with van der Waals surface area (Å²) in [5.41, 5.74) is 0.290. The predicted molar refractivity (Wildman–Crippen MR) is 107 cm³/mol. The van der Waals surface area contributed by atoms with Crippen molar-refractivity contribution in [2.24, 2.45) is 0 Å². The normalized spacial score (nSPS) is 24.8. The van der Waals surface area contributed by atoms with Gasteiger partial charge in [-0.1, -0.05) is 12.8 Å². The van der Waals surface area contributed by atoms with E-state index in [1.165, 1.54) is 42.1 Å². The molecule has 1 unspecified atom stereocenters. The second kappa shape index (κ2) is 7.96. The molecule has 0 spiro atoms. The van der Waals surface area contributed by atoms with E-state index in [1.54, 1.807) is 6.07 Å². The molecule has 154 valence electrons. The molecule has 9 heteroatoms. The average molecular weight is 409 g/mol. The summed E-state index contributed by atoms with van der Waals surface area (Å²) in [6, 6.07) is 4.96. The highest BCUT2D eigenvalue weighted by Gasteiger charge is 2.34. The van der Waals surface area contributed by atoms with E-state index in [0.29, 0.717) is 24.8 Å². The molecule has 0 aromatic heterocycles. The lowest BCUT2D eigenvalue weighted by atomic mass is 10.2. The third-order valence-electron chi connectivity index (χ3n) is 6.28. The van der Waals surface area contributed by atoms with E-state index in [0.717, 1.165) is 32.4 Å². The molecule has 2 heterocycles. The van der Waals surface area contributed by atoms with Gasteiger partial charge in [-0.05, 0) is 38.2 Å². The summed E-state index contributed by atoms with van der Waals surface area (Å²) in [6.07, 6.45) is 7.69. The van der Waals surface area contributed by atoms with Crippen LogP contribution in [0.25, 0.3) is 0 Å². The van der Waals surface area contributed by atoms with Crippen molar-refractivity contribution in [1.82, 2.24) is 9.21 Å². The number of hydrogen-bond donors (Lipinski definition) is 1. The summed E-state index contributed by atoms with van der Waals surface area (Å²) in [4.78, 5) is 13.2. The Morgan fingerprint density at radius 3 is 2.43 bits per heavy atom. The minimum absolute atomic E-state index is 0.0305. The summed E-state index contributed by atoms with van der Waals surface area (Å²) in [5, 5.41) is 14.6. The Labute approximate surface area is 166 Å². The summed E-state index contributed by atoms with van der Waals surface area (Å²) in [6.45, 7) is 2.86. The van der Waals surface area contributed by atoms with Crippen LogP contribution in [0.4, 0.5) is 11.4 Å². The number of likely N-dealkylation sites (tertiary alicyclic amines) is 1. The summed E-state index contributed by atoms with van der Waals surface area (Å²) in [5.74, 6) is 0. The van der Waals surface area contributed by atoms with Gasteiger partial charge in [-0.2, -0.15) is 4.31 Å². The number of non-ortho nitro benzene ring substituents is 1. The van der Waals surface area contributed by atoms with Gasteiger partial charge in [0.05, 0.1) is 10.6 Å². The van der Waals surface area contributed by atoms with Gasteiger partial charge >= 0.3 is 0 Å². The maximum absolute atomic E-state index is 13.1. The molecule has 0 amide bonds. The lowest BCUT2D eigenvalue weighted by Crippen LogP contribution is -2.34. The van der Waals surface area contributed by atoms with Crippen LogP contribution in [0.15, 0.2) is 23.1 Å². The van der Waals surface area contributed by atoms with Crippen LogP contribution < -0.4 is 5.32 Å². The van der Waals surface area contributed by atoms with Crippen LogP contribution in [0.3, 0.4) is 0 Å². The number of nitro benzene ring substituents is 1. The van der Waals surface area contributed by atoms with Crippen LogP contribution in [0.2, 0.25) is 0 Å². The third kappa shape index (κ3) is 3.88. The van der Waals surface area contributed by atoms with Gasteiger partial charge in [-0.3, -0.25) is 15.0 Å². The van der Waals surface area contributed by atoms with Crippen LogP contribution in [0.5, 0.6) is 0 Å². The maximum Gasteiger partial charge on any atom is 0.270 e. The Morgan fingerprint density at radius 2 is 1.75 bits per heavy atom. The molecule has 4 rings (SSSR count). The standard InChI is InChI=1S/C19H28N4O4S/c24-23(25)17-7-8-18(19(13-17)28(26,27)22-10-3-4-11-22)20-15-9-12-21(14-15)16-5-1-2-6-16/h7-8,13,15-16,20H,1-6,9-12,14H2. The number of rotatable bonds is 6. The van der Waals surface area contributed by atoms with Crippen molar-refractivity contribution < 1.29 is 13.3 Å². The smallest absolute Gasteiger partial charge is 0.270 e. The van der Waals surface area contributed by atoms with E-state index in [9.17, 15) is 18.5 Å². The Kier molecular flexibility index (Phi) is 5.57. The molecule has 1 atom stereocenters. The number of benzene rings is 1. The minimum atomic E-state index is -3.74. The molecule has 28 heavy (non-hydrogen) atoms. The van der Waals surface area contributed by atoms with E-state index in [1.807, 2.05) is 0 Å². The molecular formula is C19H28N4O4S. The first-order chi connectivity index (χ1) is 13.4. The van der Waals surface area contributed by atoms with Gasteiger partial charge in [0.2, 0.25) is 10.0 Å². The Hall–Kier alpha value is -1.71. The van der Waals surface area contributed by atoms with Crippen molar-refractivity contribution >= 4 is 21.4 Å². The summed E-state index contributed by atoms with van der Waals surface area (Å²) in [7, 11) is -3.74. The minimum Gasteiger partial charge on any atom is -0.380 e. The maximum atomic E-state index is 13.1. The van der Waals surface area contributed by atoms with Crippen LogP contribution >= 0.6 is 0 Å². The van der Waals surface area contributed by atoms with Gasteiger partial charge in [-0.25, -0.2) is 8.42 Å². The Morgan fingerprint density at radius 1 is 1.04 bits per heavy atom. The Balaban J connectivity index is 1.57. The zero-order valence-electron chi connectivity index (χ0n) is 16.0. The topological polar surface area (TPSA) is 95.8 Å². The first kappa shape index (κ1) is 19.6. The number of hydrogen-bond acceptors (Lipinski definition) is 6. The van der Waals surface area contributed by atoms with Crippen molar-refractivity contribution in [3.63, 3.8) is 0 Å². The van der Waals surface area contributed by atoms with Gasteiger partial charge in [-0.15, -0.1) is 0 Å². The molecule has 0 radical (unpaired) electrons. The molecule has 1 aromatic carbocycles. The van der Waals surface area contributed by atoms with Crippen molar-refractivity contribution in [3.05, 3.63) is 28.3 Å². The van der Waals surface area contributed by atoms with Crippen molar-refractivity contribution in [3.8, 4) is 0 Å². The molecule has 1 aromatic rings. The van der Waals surface area contributed by atoms with Crippen LogP contribution in [0, 0.1) is 10.1 Å². The van der Waals surface area contributed by atoms with Gasteiger partial charge in [0, 0.05) is 50.4 Å². The molecule has 1 saturated carbocycles. The van der Waals surface area contributed by atoms with Crippen LogP contribution in [0.1, 0.15) is 44.9 Å². The van der Waals surface area contributed by atoms with Gasteiger partial charge in [0.25, 0.3) is 5.69 Å². The largest absolute Gasteiger partial charge is 0.380 e. The highest BCUT2D eigenvalue weighted by Crippen LogP contribution is 2.33. The zero-order valence-corrected chi connectivity index (χ0v) is 16.9. The highest BCUT2D eigenvalue weighted by molar-refractivity contribution is 7.89. The number of nitro groups is 1. The van der Waals surface area contributed by atoms with Gasteiger partial charge in [0.1, 0.15) is 4.90 Å². The van der Waals surface area contributed by atoms with E-state index in [-0.39, 0.29) is 16.6 Å². The molecular weight excluding hydrogens is 380 g/mol. The predicted octanol–water partition coefficient (Wildman–Crippen LogP) is 2.81. The number of sulfonamides is 1. The molecule has 3 aliphatic rings. The molecule has 2 aliphatic heterocycles. The summed E-state index contributed by atoms with van der Waals surface area (Å²) >= 11 is 0. The lowest BCUT2D eigenvalue weighted by molar-refractivity contribution is -0.385. The molecule has 1 aliphatic carbocycles. The average Bonchev–Trinajstić information content (AvgIpc) is 3.43. The van der Waals surface area contributed by atoms with Crippen molar-refractivity contribution in [2.45, 2.75) is 61.9 Å². The number of nitrogens with zero attached hydrogens (tertiary/aromatic N) is 3. The lowest BCUT2D eigenvalue weighted by Gasteiger charge is -2.24. The number of anilines is 1. The van der Waals surface area contributed by atoms with E-state index < -0.39 is 14.9 Å².